The highest BCUT2D eigenvalue weighted by atomic mass is 32.2. The smallest absolute Gasteiger partial charge is 0.279 e. The van der Waals surface area contributed by atoms with Crippen molar-refractivity contribution in [2.24, 2.45) is 11.8 Å². The summed E-state index contributed by atoms with van der Waals surface area (Å²) in [6, 6.07) is 9.87. The van der Waals surface area contributed by atoms with Crippen LogP contribution in [0.2, 0.25) is 0 Å². The first-order valence-electron chi connectivity index (χ1n) is 8.98. The Morgan fingerprint density at radius 2 is 2.04 bits per heavy atom. The van der Waals surface area contributed by atoms with Crippen molar-refractivity contribution in [3.63, 3.8) is 0 Å². The van der Waals surface area contributed by atoms with Crippen LogP contribution in [0.3, 0.4) is 0 Å². The Morgan fingerprint density at radius 3 is 2.88 bits per heavy atom. The predicted octanol–water partition coefficient (Wildman–Crippen LogP) is 2.34. The second kappa shape index (κ2) is 8.55. The van der Waals surface area contributed by atoms with Gasteiger partial charge >= 0.3 is 0 Å². The van der Waals surface area contributed by atoms with Crippen molar-refractivity contribution < 1.29 is 9.69 Å². The van der Waals surface area contributed by atoms with Gasteiger partial charge < -0.3 is 10.2 Å². The Morgan fingerprint density at radius 1 is 1.25 bits per heavy atom. The monoisotopic (exact) mass is 344 g/mol. The summed E-state index contributed by atoms with van der Waals surface area (Å²) in [6.07, 6.45) is 6.79. The minimum atomic E-state index is 0.0873. The highest BCUT2D eigenvalue weighted by Gasteiger charge is 2.34. The summed E-state index contributed by atoms with van der Waals surface area (Å²) in [7, 11) is 0. The summed E-state index contributed by atoms with van der Waals surface area (Å²) in [6.45, 7) is 2.84. The van der Waals surface area contributed by atoms with Crippen molar-refractivity contribution in [2.45, 2.75) is 37.0 Å². The SMILES string of the molecule is N#CCSc1ccccc1NC(=O)C[NH+]1CC[C@H]2CCCC[C@@H]2C1. The van der Waals surface area contributed by atoms with Crippen LogP contribution < -0.4 is 10.2 Å². The molecule has 0 radical (unpaired) electrons. The quantitative estimate of drug-likeness (QED) is 0.806. The molecular weight excluding hydrogens is 318 g/mol. The van der Waals surface area contributed by atoms with Gasteiger partial charge in [-0.25, -0.2) is 0 Å². The standard InChI is InChI=1S/C19H25N3OS/c20-10-12-24-18-8-4-3-7-17(18)21-19(23)14-22-11-9-15-5-1-2-6-16(15)13-22/h3-4,7-8,15-16H,1-2,5-6,9,11-14H2,(H,21,23)/p+1/t15-,16-/m1/s1. The average Bonchev–Trinajstić information content (AvgIpc) is 2.61. The third kappa shape index (κ3) is 4.52. The third-order valence-electron chi connectivity index (χ3n) is 5.35. The van der Waals surface area contributed by atoms with Gasteiger partial charge in [0.15, 0.2) is 6.54 Å². The van der Waals surface area contributed by atoms with Crippen molar-refractivity contribution >= 4 is 23.4 Å². The summed E-state index contributed by atoms with van der Waals surface area (Å²) in [5, 5.41) is 11.8. The number of nitriles is 1. The molecule has 1 amide bonds. The molecule has 0 aromatic heterocycles. The van der Waals surface area contributed by atoms with E-state index < -0.39 is 0 Å². The lowest BCUT2D eigenvalue weighted by Gasteiger charge is -2.38. The molecule has 0 spiro atoms. The van der Waals surface area contributed by atoms with Gasteiger partial charge in [-0.05, 0) is 37.3 Å². The van der Waals surface area contributed by atoms with Gasteiger partial charge in [0.25, 0.3) is 5.91 Å². The molecule has 1 aromatic rings. The van der Waals surface area contributed by atoms with E-state index in [2.05, 4.69) is 11.4 Å². The third-order valence-corrected chi connectivity index (χ3v) is 6.29. The second-order valence-corrected chi connectivity index (χ2v) is 7.98. The van der Waals surface area contributed by atoms with Gasteiger partial charge in [-0.1, -0.05) is 25.0 Å². The molecule has 1 heterocycles. The lowest BCUT2D eigenvalue weighted by molar-refractivity contribution is -0.902. The molecular formula is C19H26N3OS+. The topological polar surface area (TPSA) is 57.3 Å². The molecule has 1 aliphatic carbocycles. The van der Waals surface area contributed by atoms with Gasteiger partial charge in [-0.3, -0.25) is 4.79 Å². The number of benzene rings is 1. The van der Waals surface area contributed by atoms with Crippen molar-refractivity contribution in [3.05, 3.63) is 24.3 Å². The number of nitrogens with zero attached hydrogens (tertiary/aromatic N) is 1. The van der Waals surface area contributed by atoms with Gasteiger partial charge in [0.05, 0.1) is 30.6 Å². The molecule has 1 aromatic carbocycles. The van der Waals surface area contributed by atoms with Crippen LogP contribution in [-0.4, -0.2) is 31.3 Å². The molecule has 2 fully saturated rings. The number of anilines is 1. The van der Waals surface area contributed by atoms with E-state index in [1.54, 1.807) is 0 Å². The number of thioether (sulfide) groups is 1. The zero-order valence-corrected chi connectivity index (χ0v) is 14.9. The van der Waals surface area contributed by atoms with E-state index in [4.69, 9.17) is 5.26 Å². The van der Waals surface area contributed by atoms with Crippen LogP contribution >= 0.6 is 11.8 Å². The molecule has 0 bridgehead atoms. The number of hydrogen-bond acceptors (Lipinski definition) is 3. The van der Waals surface area contributed by atoms with Crippen LogP contribution in [0, 0.1) is 23.2 Å². The Labute approximate surface area is 148 Å². The molecule has 128 valence electrons. The van der Waals surface area contributed by atoms with E-state index in [0.717, 1.165) is 35.5 Å². The maximum Gasteiger partial charge on any atom is 0.279 e. The van der Waals surface area contributed by atoms with E-state index in [1.165, 1.54) is 48.8 Å². The Kier molecular flexibility index (Phi) is 6.17. The summed E-state index contributed by atoms with van der Waals surface area (Å²) >= 11 is 1.47. The highest BCUT2D eigenvalue weighted by Crippen LogP contribution is 2.32. The lowest BCUT2D eigenvalue weighted by atomic mass is 9.75. The van der Waals surface area contributed by atoms with E-state index in [0.29, 0.717) is 12.3 Å². The molecule has 3 rings (SSSR count). The fourth-order valence-electron chi connectivity index (χ4n) is 4.18. The van der Waals surface area contributed by atoms with Gasteiger partial charge in [-0.15, -0.1) is 11.8 Å². The van der Waals surface area contributed by atoms with Crippen molar-refractivity contribution in [3.8, 4) is 6.07 Å². The number of nitrogens with one attached hydrogen (secondary N) is 2. The number of piperidine rings is 1. The zero-order valence-electron chi connectivity index (χ0n) is 14.1. The first-order valence-corrected chi connectivity index (χ1v) is 9.97. The summed E-state index contributed by atoms with van der Waals surface area (Å²) in [5.74, 6) is 2.22. The first kappa shape index (κ1) is 17.3. The molecule has 1 aliphatic heterocycles. The molecule has 24 heavy (non-hydrogen) atoms. The van der Waals surface area contributed by atoms with Crippen molar-refractivity contribution in [1.29, 1.82) is 5.26 Å². The molecule has 1 saturated heterocycles. The summed E-state index contributed by atoms with van der Waals surface area (Å²) < 4.78 is 0. The number of amides is 1. The van der Waals surface area contributed by atoms with Gasteiger partial charge in [0.2, 0.25) is 0 Å². The van der Waals surface area contributed by atoms with Crippen LogP contribution in [0.4, 0.5) is 5.69 Å². The summed E-state index contributed by atoms with van der Waals surface area (Å²) in [5.41, 5.74) is 0.828. The molecule has 3 atom stereocenters. The maximum absolute atomic E-state index is 12.5. The second-order valence-electron chi connectivity index (χ2n) is 6.97. The molecule has 2 N–H and O–H groups in total. The Hall–Kier alpha value is -1.51. The summed E-state index contributed by atoms with van der Waals surface area (Å²) in [4.78, 5) is 14.9. The van der Waals surface area contributed by atoms with Gasteiger partial charge in [0, 0.05) is 10.8 Å². The molecule has 5 heteroatoms. The van der Waals surface area contributed by atoms with Crippen LogP contribution in [-0.2, 0) is 4.79 Å². The van der Waals surface area contributed by atoms with Crippen LogP contribution in [0.25, 0.3) is 0 Å². The fourth-order valence-corrected chi connectivity index (χ4v) is 4.85. The van der Waals surface area contributed by atoms with E-state index in [1.807, 2.05) is 24.3 Å². The number of carbonyl (C=O) groups excluding carboxylic acids is 1. The largest absolute Gasteiger partial charge is 0.327 e. The van der Waals surface area contributed by atoms with Gasteiger partial charge in [-0.2, -0.15) is 5.26 Å². The number of para-hydroxylation sites is 1. The number of carbonyl (C=O) groups is 1. The molecule has 1 unspecified atom stereocenters. The normalized spacial score (nSPS) is 26.2. The van der Waals surface area contributed by atoms with Crippen LogP contribution in [0.15, 0.2) is 29.2 Å². The van der Waals surface area contributed by atoms with Crippen molar-refractivity contribution in [1.82, 2.24) is 0 Å². The molecule has 1 saturated carbocycles. The fraction of sp³-hybridized carbons (Fsp3) is 0.579. The highest BCUT2D eigenvalue weighted by molar-refractivity contribution is 7.99. The molecule has 2 aliphatic rings. The van der Waals surface area contributed by atoms with Crippen molar-refractivity contribution in [2.75, 3.05) is 30.7 Å². The maximum atomic E-state index is 12.5. The number of quaternary nitrogens is 1. The lowest BCUT2D eigenvalue weighted by Crippen LogP contribution is -3.15. The number of fused-ring (bicyclic) bond motifs is 1. The Bertz CT molecular complexity index is 613. The first-order chi connectivity index (χ1) is 11.8. The van der Waals surface area contributed by atoms with E-state index >= 15 is 0 Å². The number of rotatable bonds is 5. The van der Waals surface area contributed by atoms with E-state index in [9.17, 15) is 4.79 Å². The molecule has 4 nitrogen and oxygen atoms in total. The number of likely N-dealkylation sites (tertiary alicyclic amines) is 1. The predicted molar refractivity (Wildman–Crippen MR) is 97.0 cm³/mol. The van der Waals surface area contributed by atoms with Gasteiger partial charge in [0.1, 0.15) is 0 Å². The van der Waals surface area contributed by atoms with Crippen LogP contribution in [0.5, 0.6) is 0 Å². The average molecular weight is 345 g/mol. The van der Waals surface area contributed by atoms with E-state index in [-0.39, 0.29) is 5.91 Å². The minimum absolute atomic E-state index is 0.0873. The Balaban J connectivity index is 1.53. The number of hydrogen-bond donors (Lipinski definition) is 2. The minimum Gasteiger partial charge on any atom is -0.327 e. The zero-order chi connectivity index (χ0) is 16.8. The van der Waals surface area contributed by atoms with Crippen LogP contribution in [0.1, 0.15) is 32.1 Å².